The molecule has 0 radical (unpaired) electrons. The van der Waals surface area contributed by atoms with Gasteiger partial charge in [0.05, 0.1) is 11.3 Å². The number of hydrogen-bond acceptors (Lipinski definition) is 4. The molecule has 6 heteroatoms. The summed E-state index contributed by atoms with van der Waals surface area (Å²) in [5.41, 5.74) is 1.96. The third-order valence-corrected chi connectivity index (χ3v) is 5.59. The van der Waals surface area contributed by atoms with Crippen LogP contribution >= 0.6 is 11.3 Å². The van der Waals surface area contributed by atoms with Crippen molar-refractivity contribution in [1.29, 1.82) is 0 Å². The highest BCUT2D eigenvalue weighted by atomic mass is 32.1. The van der Waals surface area contributed by atoms with Gasteiger partial charge in [0.25, 0.3) is 5.91 Å². The monoisotopic (exact) mass is 330 g/mol. The van der Waals surface area contributed by atoms with Crippen molar-refractivity contribution in [1.82, 2.24) is 9.88 Å². The van der Waals surface area contributed by atoms with Crippen LogP contribution in [0, 0.1) is 6.92 Å². The predicted octanol–water partition coefficient (Wildman–Crippen LogP) is 2.93. The van der Waals surface area contributed by atoms with E-state index in [1.54, 1.807) is 31.1 Å². The molecule has 120 valence electrons. The molecule has 0 unspecified atom stereocenters. The molecule has 0 saturated heterocycles. The molecule has 1 N–H and O–H groups in total. The van der Waals surface area contributed by atoms with Crippen LogP contribution < -0.4 is 0 Å². The molecule has 1 fully saturated rings. The van der Waals surface area contributed by atoms with E-state index in [9.17, 15) is 9.59 Å². The first-order valence-corrected chi connectivity index (χ1v) is 8.20. The Kier molecular flexibility index (Phi) is 3.72. The van der Waals surface area contributed by atoms with Crippen LogP contribution in [0.2, 0.25) is 0 Å². The number of amides is 1. The smallest absolute Gasteiger partial charge is 0.335 e. The minimum absolute atomic E-state index is 0.0247. The van der Waals surface area contributed by atoms with E-state index in [-0.39, 0.29) is 16.9 Å². The van der Waals surface area contributed by atoms with Gasteiger partial charge in [-0.3, -0.25) is 4.79 Å². The summed E-state index contributed by atoms with van der Waals surface area (Å²) >= 11 is 1.45. The number of benzene rings is 1. The largest absolute Gasteiger partial charge is 0.478 e. The van der Waals surface area contributed by atoms with Crippen LogP contribution in [0.3, 0.4) is 0 Å². The maximum absolute atomic E-state index is 12.2. The summed E-state index contributed by atoms with van der Waals surface area (Å²) in [7, 11) is 3.47. The lowest BCUT2D eigenvalue weighted by atomic mass is 9.95. The summed E-state index contributed by atoms with van der Waals surface area (Å²) in [6.45, 7) is 1.86. The van der Waals surface area contributed by atoms with Crippen molar-refractivity contribution in [2.45, 2.75) is 25.2 Å². The highest BCUT2D eigenvalue weighted by molar-refractivity contribution is 7.14. The van der Waals surface area contributed by atoms with Gasteiger partial charge >= 0.3 is 5.97 Å². The lowest BCUT2D eigenvalue weighted by molar-refractivity contribution is 0.0696. The third kappa shape index (κ3) is 2.63. The van der Waals surface area contributed by atoms with E-state index in [4.69, 9.17) is 5.11 Å². The fourth-order valence-corrected chi connectivity index (χ4v) is 4.04. The number of carboxylic acid groups (broad SMARTS) is 1. The number of aromatic nitrogens is 1. The molecule has 1 aromatic carbocycles. The molecule has 5 nitrogen and oxygen atoms in total. The van der Waals surface area contributed by atoms with Crippen molar-refractivity contribution >= 4 is 23.2 Å². The molecule has 2 aromatic rings. The Morgan fingerprint density at radius 2 is 1.83 bits per heavy atom. The van der Waals surface area contributed by atoms with Crippen LogP contribution in [-0.4, -0.2) is 41.0 Å². The van der Waals surface area contributed by atoms with Gasteiger partial charge in [0.15, 0.2) is 0 Å². The molecule has 1 aliphatic rings. The molecule has 1 amide bonds. The molecular weight excluding hydrogens is 312 g/mol. The number of carboxylic acids is 1. The van der Waals surface area contributed by atoms with Crippen LogP contribution in [0.15, 0.2) is 24.3 Å². The van der Waals surface area contributed by atoms with E-state index in [1.165, 1.54) is 11.3 Å². The van der Waals surface area contributed by atoms with Gasteiger partial charge in [0.1, 0.15) is 9.88 Å². The standard InChI is InChI=1S/C17H18N2O3S/c1-10-13(14(20)19(2)3)23-16(18-10)17(8-9-17)12-6-4-11(5-7-12)15(21)22/h4-7H,8-9H2,1-3H3,(H,21,22). The van der Waals surface area contributed by atoms with E-state index < -0.39 is 5.97 Å². The second-order valence-electron chi connectivity index (χ2n) is 6.10. The van der Waals surface area contributed by atoms with Gasteiger partial charge in [-0.05, 0) is 37.5 Å². The fourth-order valence-electron chi connectivity index (χ4n) is 2.69. The van der Waals surface area contributed by atoms with Gasteiger partial charge < -0.3 is 10.0 Å². The van der Waals surface area contributed by atoms with Gasteiger partial charge in [0.2, 0.25) is 0 Å². The first-order chi connectivity index (χ1) is 10.8. The van der Waals surface area contributed by atoms with Gasteiger partial charge in [-0.15, -0.1) is 11.3 Å². The number of carbonyl (C=O) groups excluding carboxylic acids is 1. The number of carbonyl (C=O) groups is 2. The molecule has 0 aliphatic heterocycles. The summed E-state index contributed by atoms with van der Waals surface area (Å²) in [4.78, 5) is 30.1. The Morgan fingerprint density at radius 3 is 2.30 bits per heavy atom. The molecule has 0 spiro atoms. The van der Waals surface area contributed by atoms with E-state index in [0.717, 1.165) is 29.1 Å². The van der Waals surface area contributed by atoms with Gasteiger partial charge in [0, 0.05) is 19.5 Å². The maximum atomic E-state index is 12.2. The first kappa shape index (κ1) is 15.7. The second-order valence-corrected chi connectivity index (χ2v) is 7.10. The average molecular weight is 330 g/mol. The van der Waals surface area contributed by atoms with Crippen LogP contribution in [0.1, 0.15) is 49.1 Å². The van der Waals surface area contributed by atoms with Crippen LogP contribution in [0.5, 0.6) is 0 Å². The number of thiazole rings is 1. The normalized spacial score (nSPS) is 15.3. The molecular formula is C17H18N2O3S. The van der Waals surface area contributed by atoms with Crippen molar-refractivity contribution in [2.24, 2.45) is 0 Å². The Bertz CT molecular complexity index is 774. The van der Waals surface area contributed by atoms with Crippen LogP contribution in [-0.2, 0) is 5.41 Å². The average Bonchev–Trinajstić information content (AvgIpc) is 3.24. The van der Waals surface area contributed by atoms with Gasteiger partial charge in [-0.1, -0.05) is 12.1 Å². The van der Waals surface area contributed by atoms with Crippen LogP contribution in [0.25, 0.3) is 0 Å². The topological polar surface area (TPSA) is 70.5 Å². The Labute approximate surface area is 138 Å². The molecule has 0 atom stereocenters. The quantitative estimate of drug-likeness (QED) is 0.936. The summed E-state index contributed by atoms with van der Waals surface area (Å²) in [5, 5.41) is 9.96. The highest BCUT2D eigenvalue weighted by Crippen LogP contribution is 2.54. The number of aromatic carboxylic acids is 1. The third-order valence-electron chi connectivity index (χ3n) is 4.24. The number of aryl methyl sites for hydroxylation is 1. The maximum Gasteiger partial charge on any atom is 0.335 e. The fraction of sp³-hybridized carbons (Fsp3) is 0.353. The Hall–Kier alpha value is -2.21. The molecule has 1 heterocycles. The summed E-state index contributed by atoms with van der Waals surface area (Å²) in [5.74, 6) is -0.950. The molecule has 1 aliphatic carbocycles. The summed E-state index contributed by atoms with van der Waals surface area (Å²) in [6.07, 6.45) is 1.95. The predicted molar refractivity (Wildman–Crippen MR) is 88.3 cm³/mol. The zero-order valence-electron chi connectivity index (χ0n) is 13.3. The van der Waals surface area contributed by atoms with Gasteiger partial charge in [-0.25, -0.2) is 9.78 Å². The lowest BCUT2D eigenvalue weighted by Crippen LogP contribution is -2.21. The van der Waals surface area contributed by atoms with Crippen molar-refractivity contribution in [2.75, 3.05) is 14.1 Å². The number of nitrogens with zero attached hydrogens (tertiary/aromatic N) is 2. The van der Waals surface area contributed by atoms with Crippen LogP contribution in [0.4, 0.5) is 0 Å². The van der Waals surface area contributed by atoms with Crippen molar-refractivity contribution < 1.29 is 14.7 Å². The summed E-state index contributed by atoms with van der Waals surface area (Å²) < 4.78 is 0. The second kappa shape index (κ2) is 5.45. The van der Waals surface area contributed by atoms with Crippen molar-refractivity contribution in [3.8, 4) is 0 Å². The number of rotatable bonds is 4. The van der Waals surface area contributed by atoms with Crippen molar-refractivity contribution in [3.05, 3.63) is 51.0 Å². The van der Waals surface area contributed by atoms with E-state index in [0.29, 0.717) is 4.88 Å². The zero-order chi connectivity index (χ0) is 16.8. The highest BCUT2D eigenvalue weighted by Gasteiger charge is 2.49. The lowest BCUT2D eigenvalue weighted by Gasteiger charge is -2.13. The molecule has 1 aromatic heterocycles. The molecule has 23 heavy (non-hydrogen) atoms. The molecule has 3 rings (SSSR count). The number of hydrogen-bond donors (Lipinski definition) is 1. The molecule has 0 bridgehead atoms. The van der Waals surface area contributed by atoms with Gasteiger partial charge in [-0.2, -0.15) is 0 Å². The van der Waals surface area contributed by atoms with E-state index >= 15 is 0 Å². The summed E-state index contributed by atoms with van der Waals surface area (Å²) in [6, 6.07) is 6.98. The molecule has 1 saturated carbocycles. The van der Waals surface area contributed by atoms with E-state index in [2.05, 4.69) is 4.98 Å². The zero-order valence-corrected chi connectivity index (χ0v) is 14.1. The minimum Gasteiger partial charge on any atom is -0.478 e. The van der Waals surface area contributed by atoms with E-state index in [1.807, 2.05) is 19.1 Å². The first-order valence-electron chi connectivity index (χ1n) is 7.38. The minimum atomic E-state index is -0.926. The SMILES string of the molecule is Cc1nc(C2(c3ccc(C(=O)O)cc3)CC2)sc1C(=O)N(C)C. The van der Waals surface area contributed by atoms with Crippen molar-refractivity contribution in [3.63, 3.8) is 0 Å². The Balaban J connectivity index is 1.96. The Morgan fingerprint density at radius 1 is 1.22 bits per heavy atom.